The van der Waals surface area contributed by atoms with Gasteiger partial charge in [0.25, 0.3) is 0 Å². The number of aliphatic hydroxyl groups is 1. The molecule has 2 heterocycles. The van der Waals surface area contributed by atoms with Crippen LogP contribution in [0.25, 0.3) is 0 Å². The zero-order chi connectivity index (χ0) is 22.4. The summed E-state index contributed by atoms with van der Waals surface area (Å²) in [7, 11) is 1.24. The van der Waals surface area contributed by atoms with Gasteiger partial charge in [-0.05, 0) is 18.6 Å². The molecule has 1 aliphatic heterocycles. The van der Waals surface area contributed by atoms with Crippen molar-refractivity contribution in [2.75, 3.05) is 25.1 Å². The first-order valence-electron chi connectivity index (χ1n) is 9.62. The van der Waals surface area contributed by atoms with Gasteiger partial charge in [0.2, 0.25) is 0 Å². The fraction of sp³-hybridized carbons (Fsp3) is 0.524. The minimum atomic E-state index is -4.58. The number of esters is 1. The van der Waals surface area contributed by atoms with Gasteiger partial charge in [-0.1, -0.05) is 32.9 Å². The fourth-order valence-corrected chi connectivity index (χ4v) is 3.72. The lowest BCUT2D eigenvalue weighted by molar-refractivity contribution is -0.137. The molecule has 0 unspecified atom stereocenters. The van der Waals surface area contributed by atoms with E-state index in [4.69, 9.17) is 4.74 Å². The molecular weight excluding hydrogens is 399 g/mol. The molecule has 3 rings (SSSR count). The van der Waals surface area contributed by atoms with Gasteiger partial charge < -0.3 is 19.3 Å². The Labute approximate surface area is 173 Å². The van der Waals surface area contributed by atoms with Crippen LogP contribution in [-0.4, -0.2) is 46.9 Å². The zero-order valence-electron chi connectivity index (χ0n) is 17.7. The van der Waals surface area contributed by atoms with E-state index < -0.39 is 29.2 Å². The lowest BCUT2D eigenvalue weighted by atomic mass is 9.95. The molecule has 2 aromatic rings. The van der Waals surface area contributed by atoms with E-state index in [2.05, 4.69) is 4.98 Å². The Kier molecular flexibility index (Phi) is 5.62. The van der Waals surface area contributed by atoms with Gasteiger partial charge in [-0.2, -0.15) is 13.2 Å². The third-order valence-corrected chi connectivity index (χ3v) is 5.21. The molecule has 0 bridgehead atoms. The van der Waals surface area contributed by atoms with E-state index >= 15 is 0 Å². The van der Waals surface area contributed by atoms with Crippen molar-refractivity contribution in [3.63, 3.8) is 0 Å². The molecule has 1 saturated heterocycles. The molecule has 1 aromatic heterocycles. The smallest absolute Gasteiger partial charge is 0.418 e. The quantitative estimate of drug-likeness (QED) is 0.760. The number of hydrogen-bond acceptors (Lipinski definition) is 5. The van der Waals surface area contributed by atoms with Crippen LogP contribution in [0.4, 0.5) is 18.9 Å². The van der Waals surface area contributed by atoms with E-state index in [1.54, 1.807) is 17.6 Å². The maximum absolute atomic E-state index is 14.1. The minimum Gasteiger partial charge on any atom is -0.464 e. The van der Waals surface area contributed by atoms with Gasteiger partial charge in [0.1, 0.15) is 5.82 Å². The molecule has 6 nitrogen and oxygen atoms in total. The lowest BCUT2D eigenvalue weighted by Gasteiger charge is -2.39. The summed E-state index contributed by atoms with van der Waals surface area (Å²) in [4.78, 5) is 18.0. The highest BCUT2D eigenvalue weighted by molar-refractivity contribution is 5.88. The van der Waals surface area contributed by atoms with Crippen LogP contribution in [0.3, 0.4) is 0 Å². The van der Waals surface area contributed by atoms with Crippen molar-refractivity contribution < 1.29 is 27.8 Å². The number of halogens is 3. The summed E-state index contributed by atoms with van der Waals surface area (Å²) >= 11 is 0. The van der Waals surface area contributed by atoms with Gasteiger partial charge in [-0.15, -0.1) is 0 Å². The Bertz CT molecular complexity index is 955. The van der Waals surface area contributed by atoms with Gasteiger partial charge in [0, 0.05) is 36.4 Å². The molecule has 0 saturated carbocycles. The molecule has 1 N–H and O–H groups in total. The number of carbonyl (C=O) groups excluding carboxylic acids is 1. The Morgan fingerprint density at radius 2 is 1.90 bits per heavy atom. The molecule has 0 radical (unpaired) electrons. The number of ether oxygens (including phenoxy) is 1. The van der Waals surface area contributed by atoms with E-state index in [0.29, 0.717) is 11.5 Å². The van der Waals surface area contributed by atoms with Crippen LogP contribution in [0.1, 0.15) is 53.9 Å². The van der Waals surface area contributed by atoms with Gasteiger partial charge in [0.15, 0.2) is 5.69 Å². The van der Waals surface area contributed by atoms with Crippen molar-refractivity contribution in [2.24, 2.45) is 0 Å². The van der Waals surface area contributed by atoms with Gasteiger partial charge in [-0.3, -0.25) is 0 Å². The summed E-state index contributed by atoms with van der Waals surface area (Å²) in [5.74, 6) is -0.130. The number of anilines is 1. The van der Waals surface area contributed by atoms with Gasteiger partial charge in [-0.25, -0.2) is 9.78 Å². The van der Waals surface area contributed by atoms with Crippen LogP contribution >= 0.6 is 0 Å². The average Bonchev–Trinajstić information content (AvgIpc) is 2.94. The first-order chi connectivity index (χ1) is 13.8. The van der Waals surface area contributed by atoms with Crippen molar-refractivity contribution >= 4 is 11.7 Å². The number of hydrogen-bond donors (Lipinski definition) is 1. The van der Waals surface area contributed by atoms with Crippen molar-refractivity contribution in [1.29, 1.82) is 0 Å². The minimum absolute atomic E-state index is 0.0496. The number of imidazole rings is 1. The van der Waals surface area contributed by atoms with E-state index in [0.717, 1.165) is 0 Å². The molecule has 0 aliphatic carbocycles. The average molecular weight is 425 g/mol. The Morgan fingerprint density at radius 1 is 1.27 bits per heavy atom. The number of benzene rings is 1. The number of aliphatic hydroxyl groups excluding tert-OH is 1. The molecule has 30 heavy (non-hydrogen) atoms. The largest absolute Gasteiger partial charge is 0.464 e. The summed E-state index contributed by atoms with van der Waals surface area (Å²) in [5, 5.41) is 9.54. The highest BCUT2D eigenvalue weighted by Gasteiger charge is 2.40. The van der Waals surface area contributed by atoms with Crippen LogP contribution in [0.5, 0.6) is 0 Å². The van der Waals surface area contributed by atoms with Gasteiger partial charge >= 0.3 is 12.1 Å². The van der Waals surface area contributed by atoms with Crippen LogP contribution in [0.2, 0.25) is 0 Å². The number of aromatic nitrogens is 2. The lowest BCUT2D eigenvalue weighted by Crippen LogP contribution is -2.51. The third kappa shape index (κ3) is 4.03. The monoisotopic (exact) mass is 425 g/mol. The molecule has 164 valence electrons. The van der Waals surface area contributed by atoms with E-state index in [1.807, 2.05) is 20.8 Å². The highest BCUT2D eigenvalue weighted by Crippen LogP contribution is 2.41. The molecular formula is C21H26F3N3O3. The topological polar surface area (TPSA) is 67.6 Å². The fourth-order valence-electron chi connectivity index (χ4n) is 3.72. The summed E-state index contributed by atoms with van der Waals surface area (Å²) < 4.78 is 48.6. The summed E-state index contributed by atoms with van der Waals surface area (Å²) in [6.45, 7) is 7.53. The molecule has 0 spiro atoms. The molecule has 9 heteroatoms. The van der Waals surface area contributed by atoms with Crippen LogP contribution in [-0.2, 0) is 22.9 Å². The number of alkyl halides is 3. The number of β-amino-alcohol motifs (C(OH)–C–C–N with tert-alkyl or cyclic N) is 1. The van der Waals surface area contributed by atoms with E-state index in [9.17, 15) is 23.1 Å². The van der Waals surface area contributed by atoms with Crippen LogP contribution in [0.15, 0.2) is 18.2 Å². The third-order valence-electron chi connectivity index (χ3n) is 5.21. The Morgan fingerprint density at radius 3 is 2.40 bits per heavy atom. The summed E-state index contributed by atoms with van der Waals surface area (Å²) in [6, 6.07) is 4.44. The van der Waals surface area contributed by atoms with Crippen molar-refractivity contribution in [3.8, 4) is 0 Å². The molecule has 1 aliphatic rings. The second-order valence-corrected chi connectivity index (χ2v) is 8.56. The van der Waals surface area contributed by atoms with Crippen LogP contribution in [0, 0.1) is 6.92 Å². The first kappa shape index (κ1) is 22.1. The Balaban J connectivity index is 2.14. The number of nitrogens with zero attached hydrogens (tertiary/aromatic N) is 3. The van der Waals surface area contributed by atoms with Crippen molar-refractivity contribution in [3.05, 3.63) is 46.5 Å². The predicted molar refractivity (Wildman–Crippen MR) is 106 cm³/mol. The highest BCUT2D eigenvalue weighted by atomic mass is 19.4. The number of methoxy groups -OCH3 is 1. The molecule has 1 aromatic carbocycles. The second kappa shape index (κ2) is 7.61. The molecule has 0 amide bonds. The second-order valence-electron chi connectivity index (χ2n) is 8.56. The first-order valence-corrected chi connectivity index (χ1v) is 9.62. The number of rotatable bonds is 4. The SMILES string of the molecule is COC(=O)c1nc(C(C)(C)C)n(Cc2cccc(N3CC(O)C3)c2C(F)(F)F)c1C. The summed E-state index contributed by atoms with van der Waals surface area (Å²) in [6.07, 6.45) is -5.20. The normalized spacial score (nSPS) is 15.3. The molecule has 1 fully saturated rings. The maximum Gasteiger partial charge on any atom is 0.418 e. The Hall–Kier alpha value is -2.55. The zero-order valence-corrected chi connectivity index (χ0v) is 17.7. The van der Waals surface area contributed by atoms with Gasteiger partial charge in [0.05, 0.1) is 18.8 Å². The number of carbonyl (C=O) groups is 1. The van der Waals surface area contributed by atoms with Crippen LogP contribution < -0.4 is 4.90 Å². The predicted octanol–water partition coefficient (Wildman–Crippen LogP) is 3.52. The summed E-state index contributed by atoms with van der Waals surface area (Å²) in [5.41, 5.74) is -0.571. The standard InChI is InChI=1S/C21H26F3N3O3/c1-12-17(18(29)30-5)25-19(20(2,3)4)27(12)9-13-7-6-8-15(16(13)21(22,23)24)26-10-14(28)11-26/h6-8,14,28H,9-11H2,1-5H3. The van der Waals surface area contributed by atoms with E-state index in [1.165, 1.54) is 24.1 Å². The van der Waals surface area contributed by atoms with E-state index in [-0.39, 0.29) is 36.6 Å². The van der Waals surface area contributed by atoms with Crippen molar-refractivity contribution in [2.45, 2.75) is 51.9 Å². The van der Waals surface area contributed by atoms with Crippen molar-refractivity contribution in [1.82, 2.24) is 9.55 Å². The maximum atomic E-state index is 14.1. The molecule has 0 atom stereocenters.